The van der Waals surface area contributed by atoms with E-state index < -0.39 is 0 Å². The largest absolute Gasteiger partial charge is 0.346 e. The minimum absolute atomic E-state index is 0.193. The summed E-state index contributed by atoms with van der Waals surface area (Å²) in [5, 5.41) is 6.23. The van der Waals surface area contributed by atoms with Crippen LogP contribution >= 0.6 is 22.9 Å². The molecular formula is C18H15ClN2OS. The number of hydrogen-bond donors (Lipinski definition) is 1. The van der Waals surface area contributed by atoms with Gasteiger partial charge >= 0.3 is 0 Å². The number of amides is 1. The molecule has 1 amide bonds. The molecule has 1 N–H and O–H groups in total. The molecule has 0 fully saturated rings. The normalized spacial score (nSPS) is 10.5. The number of rotatable bonds is 4. The van der Waals surface area contributed by atoms with Crippen LogP contribution < -0.4 is 5.32 Å². The smallest absolute Gasteiger partial charge is 0.253 e. The van der Waals surface area contributed by atoms with Crippen molar-refractivity contribution in [1.82, 2.24) is 10.3 Å². The van der Waals surface area contributed by atoms with Gasteiger partial charge in [0, 0.05) is 10.9 Å². The van der Waals surface area contributed by atoms with Crippen molar-refractivity contribution in [2.45, 2.75) is 13.5 Å². The summed E-state index contributed by atoms with van der Waals surface area (Å²) in [7, 11) is 0. The standard InChI is InChI=1S/C18H15ClN2OS/c1-12-6-2-3-7-14(12)18-21-13(11-23-18)10-20-17(22)15-8-4-5-9-16(15)19/h2-9,11H,10H2,1H3,(H,20,22). The molecule has 23 heavy (non-hydrogen) atoms. The van der Waals surface area contributed by atoms with Crippen LogP contribution in [0.25, 0.3) is 10.6 Å². The zero-order chi connectivity index (χ0) is 16.2. The highest BCUT2D eigenvalue weighted by atomic mass is 35.5. The molecule has 0 bridgehead atoms. The molecule has 0 aliphatic heterocycles. The van der Waals surface area contributed by atoms with Crippen molar-refractivity contribution in [2.24, 2.45) is 0 Å². The summed E-state index contributed by atoms with van der Waals surface area (Å²) >= 11 is 7.61. The van der Waals surface area contributed by atoms with Crippen molar-refractivity contribution in [1.29, 1.82) is 0 Å². The fourth-order valence-electron chi connectivity index (χ4n) is 2.24. The summed E-state index contributed by atoms with van der Waals surface area (Å²) in [6.07, 6.45) is 0. The maximum Gasteiger partial charge on any atom is 0.253 e. The number of carbonyl (C=O) groups is 1. The summed E-state index contributed by atoms with van der Waals surface area (Å²) in [4.78, 5) is 16.7. The van der Waals surface area contributed by atoms with Crippen LogP contribution in [0.15, 0.2) is 53.9 Å². The van der Waals surface area contributed by atoms with Crippen LogP contribution in [-0.4, -0.2) is 10.9 Å². The molecule has 3 aromatic rings. The molecule has 0 aliphatic rings. The van der Waals surface area contributed by atoms with Gasteiger partial charge in [0.05, 0.1) is 22.8 Å². The van der Waals surface area contributed by atoms with Crippen molar-refractivity contribution in [2.75, 3.05) is 0 Å². The van der Waals surface area contributed by atoms with Crippen LogP contribution in [0.5, 0.6) is 0 Å². The maximum absolute atomic E-state index is 12.1. The van der Waals surface area contributed by atoms with E-state index in [1.165, 1.54) is 5.56 Å². The van der Waals surface area contributed by atoms with Crippen molar-refractivity contribution in [3.8, 4) is 10.6 Å². The number of nitrogens with one attached hydrogen (secondary N) is 1. The Morgan fingerprint density at radius 1 is 1.17 bits per heavy atom. The molecule has 0 saturated heterocycles. The Morgan fingerprint density at radius 3 is 2.70 bits per heavy atom. The predicted molar refractivity (Wildman–Crippen MR) is 94.9 cm³/mol. The lowest BCUT2D eigenvalue weighted by molar-refractivity contribution is 0.0950. The lowest BCUT2D eigenvalue weighted by atomic mass is 10.1. The molecule has 0 unspecified atom stereocenters. The molecule has 5 heteroatoms. The molecule has 116 valence electrons. The van der Waals surface area contributed by atoms with E-state index in [0.717, 1.165) is 16.3 Å². The minimum Gasteiger partial charge on any atom is -0.346 e. The zero-order valence-electron chi connectivity index (χ0n) is 12.5. The highest BCUT2D eigenvalue weighted by Crippen LogP contribution is 2.26. The Labute approximate surface area is 144 Å². The molecule has 3 rings (SSSR count). The third-order valence-electron chi connectivity index (χ3n) is 3.48. The first-order valence-electron chi connectivity index (χ1n) is 7.18. The quantitative estimate of drug-likeness (QED) is 0.746. The van der Waals surface area contributed by atoms with E-state index >= 15 is 0 Å². The summed E-state index contributed by atoms with van der Waals surface area (Å²) < 4.78 is 0. The molecule has 1 heterocycles. The predicted octanol–water partition coefficient (Wildman–Crippen LogP) is 4.70. The second-order valence-corrected chi connectivity index (χ2v) is 6.39. The van der Waals surface area contributed by atoms with Crippen LogP contribution in [0.4, 0.5) is 0 Å². The highest BCUT2D eigenvalue weighted by molar-refractivity contribution is 7.13. The number of benzene rings is 2. The minimum atomic E-state index is -0.193. The van der Waals surface area contributed by atoms with E-state index in [1.807, 2.05) is 17.5 Å². The number of aryl methyl sites for hydroxylation is 1. The number of aromatic nitrogens is 1. The monoisotopic (exact) mass is 342 g/mol. The summed E-state index contributed by atoms with van der Waals surface area (Å²) in [6, 6.07) is 15.1. The molecule has 3 nitrogen and oxygen atoms in total. The number of hydrogen-bond acceptors (Lipinski definition) is 3. The van der Waals surface area contributed by atoms with E-state index in [0.29, 0.717) is 17.1 Å². The Bertz CT molecular complexity index is 844. The summed E-state index contributed by atoms with van der Waals surface area (Å²) in [5.74, 6) is -0.193. The second kappa shape index (κ2) is 6.94. The van der Waals surface area contributed by atoms with E-state index in [9.17, 15) is 4.79 Å². The van der Waals surface area contributed by atoms with Gasteiger partial charge in [0.2, 0.25) is 0 Å². The molecular weight excluding hydrogens is 328 g/mol. The molecule has 0 atom stereocenters. The van der Waals surface area contributed by atoms with Gasteiger partial charge in [-0.2, -0.15) is 0 Å². The van der Waals surface area contributed by atoms with E-state index in [2.05, 4.69) is 29.4 Å². The molecule has 1 aromatic heterocycles. The average molecular weight is 343 g/mol. The first-order valence-corrected chi connectivity index (χ1v) is 8.44. The zero-order valence-corrected chi connectivity index (χ0v) is 14.1. The Balaban J connectivity index is 1.70. The molecule has 0 saturated carbocycles. The van der Waals surface area contributed by atoms with Crippen LogP contribution in [-0.2, 0) is 6.54 Å². The second-order valence-electron chi connectivity index (χ2n) is 5.12. The van der Waals surface area contributed by atoms with E-state index in [4.69, 9.17) is 11.6 Å². The Morgan fingerprint density at radius 2 is 1.91 bits per heavy atom. The van der Waals surface area contributed by atoms with Crippen molar-refractivity contribution in [3.63, 3.8) is 0 Å². The summed E-state index contributed by atoms with van der Waals surface area (Å²) in [5.41, 5.74) is 3.63. The van der Waals surface area contributed by atoms with Gasteiger partial charge in [0.1, 0.15) is 5.01 Å². The van der Waals surface area contributed by atoms with Crippen LogP contribution in [0.3, 0.4) is 0 Å². The van der Waals surface area contributed by atoms with Gasteiger partial charge in [-0.25, -0.2) is 4.98 Å². The maximum atomic E-state index is 12.1. The topological polar surface area (TPSA) is 42.0 Å². The van der Waals surface area contributed by atoms with Gasteiger partial charge < -0.3 is 5.32 Å². The number of thiazole rings is 1. The highest BCUT2D eigenvalue weighted by Gasteiger charge is 2.11. The number of halogens is 1. The Kier molecular flexibility index (Phi) is 4.74. The third kappa shape index (κ3) is 3.60. The molecule has 0 aliphatic carbocycles. The van der Waals surface area contributed by atoms with Crippen LogP contribution in [0.1, 0.15) is 21.6 Å². The number of carbonyl (C=O) groups excluding carboxylic acids is 1. The van der Waals surface area contributed by atoms with Crippen molar-refractivity contribution >= 4 is 28.8 Å². The van der Waals surface area contributed by atoms with Gasteiger partial charge in [-0.15, -0.1) is 11.3 Å². The fourth-order valence-corrected chi connectivity index (χ4v) is 3.37. The molecule has 0 radical (unpaired) electrons. The fraction of sp³-hybridized carbons (Fsp3) is 0.111. The van der Waals surface area contributed by atoms with Crippen LogP contribution in [0.2, 0.25) is 5.02 Å². The van der Waals surface area contributed by atoms with Crippen molar-refractivity contribution in [3.05, 3.63) is 75.8 Å². The third-order valence-corrected chi connectivity index (χ3v) is 4.73. The number of nitrogens with zero attached hydrogens (tertiary/aromatic N) is 1. The average Bonchev–Trinajstić information content (AvgIpc) is 3.02. The Hall–Kier alpha value is -2.17. The molecule has 2 aromatic carbocycles. The first-order chi connectivity index (χ1) is 11.1. The lowest BCUT2D eigenvalue weighted by Crippen LogP contribution is -2.23. The van der Waals surface area contributed by atoms with Gasteiger partial charge in [0.15, 0.2) is 0 Å². The first kappa shape index (κ1) is 15.7. The van der Waals surface area contributed by atoms with E-state index in [1.54, 1.807) is 35.6 Å². The van der Waals surface area contributed by atoms with E-state index in [-0.39, 0.29) is 5.91 Å². The van der Waals surface area contributed by atoms with Gasteiger partial charge in [-0.1, -0.05) is 48.0 Å². The SMILES string of the molecule is Cc1ccccc1-c1nc(CNC(=O)c2ccccc2Cl)cs1. The van der Waals surface area contributed by atoms with Gasteiger partial charge in [0.25, 0.3) is 5.91 Å². The van der Waals surface area contributed by atoms with Crippen molar-refractivity contribution < 1.29 is 4.79 Å². The van der Waals surface area contributed by atoms with Gasteiger partial charge in [-0.3, -0.25) is 4.79 Å². The lowest BCUT2D eigenvalue weighted by Gasteiger charge is -2.05. The molecule has 0 spiro atoms. The summed E-state index contributed by atoms with van der Waals surface area (Å²) in [6.45, 7) is 2.45. The van der Waals surface area contributed by atoms with Gasteiger partial charge in [-0.05, 0) is 24.6 Å². The van der Waals surface area contributed by atoms with Crippen LogP contribution in [0, 0.1) is 6.92 Å².